The first-order valence-corrected chi connectivity index (χ1v) is 6.84. The highest BCUT2D eigenvalue weighted by atomic mass is 16.5. The summed E-state index contributed by atoms with van der Waals surface area (Å²) in [6.45, 7) is 2.95. The summed E-state index contributed by atoms with van der Waals surface area (Å²) in [6.07, 6.45) is 4.52. The van der Waals surface area contributed by atoms with Crippen LogP contribution in [0.4, 0.5) is 5.95 Å². The Hall–Kier alpha value is -2.18. The molecule has 1 aliphatic rings. The molecule has 1 N–H and O–H groups in total. The molecule has 0 radical (unpaired) electrons. The maximum atomic E-state index is 5.11. The lowest BCUT2D eigenvalue weighted by Crippen LogP contribution is -2.32. The SMILES string of the molecule is CCc1nnc2n1C[C@H](Nc1nccc(OC)n1)CC2. The second-order valence-electron chi connectivity index (χ2n) is 4.80. The molecule has 7 nitrogen and oxygen atoms in total. The van der Waals surface area contributed by atoms with Gasteiger partial charge in [-0.05, 0) is 6.42 Å². The molecule has 0 unspecified atom stereocenters. The number of nitrogens with one attached hydrogen (secondary N) is 1. The molecule has 0 saturated carbocycles. The first-order chi connectivity index (χ1) is 9.80. The Morgan fingerprint density at radius 3 is 3.15 bits per heavy atom. The Morgan fingerprint density at radius 1 is 1.45 bits per heavy atom. The maximum absolute atomic E-state index is 5.11. The fourth-order valence-corrected chi connectivity index (χ4v) is 2.47. The molecular formula is C13H18N6O. The summed E-state index contributed by atoms with van der Waals surface area (Å²) in [5, 5.41) is 11.8. The molecule has 0 fully saturated rings. The van der Waals surface area contributed by atoms with Crippen LogP contribution in [-0.2, 0) is 19.4 Å². The van der Waals surface area contributed by atoms with Gasteiger partial charge in [0.05, 0.1) is 7.11 Å². The number of hydrogen-bond donors (Lipinski definition) is 1. The third kappa shape index (κ3) is 2.43. The highest BCUT2D eigenvalue weighted by Gasteiger charge is 2.22. The van der Waals surface area contributed by atoms with Crippen molar-refractivity contribution >= 4 is 5.95 Å². The molecule has 0 bridgehead atoms. The normalized spacial score (nSPS) is 17.6. The van der Waals surface area contributed by atoms with Gasteiger partial charge < -0.3 is 14.6 Å². The molecule has 0 aliphatic carbocycles. The van der Waals surface area contributed by atoms with E-state index >= 15 is 0 Å². The number of hydrogen-bond acceptors (Lipinski definition) is 6. The zero-order valence-electron chi connectivity index (χ0n) is 11.7. The standard InChI is InChI=1S/C13H18N6O/c1-3-10-17-18-11-5-4-9(8-19(10)11)15-13-14-7-6-12(16-13)20-2/h6-7,9H,3-5,8H2,1-2H3,(H,14,15,16)/t9-/m1/s1. The van der Waals surface area contributed by atoms with Crippen LogP contribution in [0.1, 0.15) is 25.0 Å². The minimum Gasteiger partial charge on any atom is -0.481 e. The van der Waals surface area contributed by atoms with Gasteiger partial charge >= 0.3 is 0 Å². The Kier molecular flexibility index (Phi) is 3.49. The van der Waals surface area contributed by atoms with Crippen LogP contribution >= 0.6 is 0 Å². The summed E-state index contributed by atoms with van der Waals surface area (Å²) in [4.78, 5) is 8.51. The summed E-state index contributed by atoms with van der Waals surface area (Å²) in [6, 6.07) is 2.02. The Morgan fingerprint density at radius 2 is 2.35 bits per heavy atom. The van der Waals surface area contributed by atoms with Crippen LogP contribution in [0.25, 0.3) is 0 Å². The molecule has 7 heteroatoms. The highest BCUT2D eigenvalue weighted by Crippen LogP contribution is 2.18. The van der Waals surface area contributed by atoms with Crippen LogP contribution < -0.4 is 10.1 Å². The van der Waals surface area contributed by atoms with Crippen molar-refractivity contribution in [1.29, 1.82) is 0 Å². The topological polar surface area (TPSA) is 77.8 Å². The quantitative estimate of drug-likeness (QED) is 0.898. The van der Waals surface area contributed by atoms with Gasteiger partial charge in [-0.2, -0.15) is 4.98 Å². The molecule has 2 aromatic heterocycles. The van der Waals surface area contributed by atoms with E-state index in [1.807, 2.05) is 0 Å². The number of ether oxygens (including phenoxy) is 1. The van der Waals surface area contributed by atoms with Gasteiger partial charge in [-0.25, -0.2) is 4.98 Å². The molecule has 0 amide bonds. The van der Waals surface area contributed by atoms with Gasteiger partial charge in [0, 0.05) is 37.7 Å². The molecule has 1 aliphatic heterocycles. The van der Waals surface area contributed by atoms with E-state index in [0.29, 0.717) is 11.8 Å². The van der Waals surface area contributed by atoms with E-state index in [4.69, 9.17) is 4.74 Å². The Balaban J connectivity index is 1.73. The van der Waals surface area contributed by atoms with Crippen LogP contribution in [0.15, 0.2) is 12.3 Å². The number of anilines is 1. The van der Waals surface area contributed by atoms with E-state index in [1.165, 1.54) is 0 Å². The molecule has 3 rings (SSSR count). The van der Waals surface area contributed by atoms with E-state index in [1.54, 1.807) is 19.4 Å². The second kappa shape index (κ2) is 5.44. The first-order valence-electron chi connectivity index (χ1n) is 6.84. The summed E-state index contributed by atoms with van der Waals surface area (Å²) < 4.78 is 7.30. The number of rotatable bonds is 4. The predicted molar refractivity (Wildman–Crippen MR) is 73.7 cm³/mol. The van der Waals surface area contributed by atoms with E-state index in [-0.39, 0.29) is 6.04 Å². The molecular weight excluding hydrogens is 256 g/mol. The van der Waals surface area contributed by atoms with Crippen molar-refractivity contribution in [3.8, 4) is 5.88 Å². The van der Waals surface area contributed by atoms with Crippen LogP contribution in [0.3, 0.4) is 0 Å². The van der Waals surface area contributed by atoms with Crippen molar-refractivity contribution in [3.63, 3.8) is 0 Å². The number of aryl methyl sites for hydroxylation is 2. The lowest BCUT2D eigenvalue weighted by Gasteiger charge is -2.25. The molecule has 20 heavy (non-hydrogen) atoms. The molecule has 0 aromatic carbocycles. The van der Waals surface area contributed by atoms with Gasteiger partial charge in [0.25, 0.3) is 0 Å². The van der Waals surface area contributed by atoms with Gasteiger partial charge in [0.15, 0.2) is 0 Å². The zero-order chi connectivity index (χ0) is 13.9. The van der Waals surface area contributed by atoms with Gasteiger partial charge in [-0.15, -0.1) is 10.2 Å². The summed E-state index contributed by atoms with van der Waals surface area (Å²) in [5.41, 5.74) is 0. The molecule has 0 saturated heterocycles. The monoisotopic (exact) mass is 274 g/mol. The number of fused-ring (bicyclic) bond motifs is 1. The largest absolute Gasteiger partial charge is 0.481 e. The van der Waals surface area contributed by atoms with Crippen molar-refractivity contribution in [3.05, 3.63) is 23.9 Å². The summed E-state index contributed by atoms with van der Waals surface area (Å²) >= 11 is 0. The van der Waals surface area contributed by atoms with Gasteiger partial charge in [-0.1, -0.05) is 6.92 Å². The van der Waals surface area contributed by atoms with Gasteiger partial charge in [0.1, 0.15) is 11.6 Å². The fourth-order valence-electron chi connectivity index (χ4n) is 2.47. The molecule has 2 aromatic rings. The van der Waals surface area contributed by atoms with E-state index < -0.39 is 0 Å². The van der Waals surface area contributed by atoms with E-state index in [2.05, 4.69) is 37.0 Å². The average Bonchev–Trinajstić information content (AvgIpc) is 2.90. The van der Waals surface area contributed by atoms with Crippen LogP contribution in [-0.4, -0.2) is 37.9 Å². The van der Waals surface area contributed by atoms with Crippen LogP contribution in [0, 0.1) is 0 Å². The minimum absolute atomic E-state index is 0.288. The molecule has 1 atom stereocenters. The fraction of sp³-hybridized carbons (Fsp3) is 0.538. The van der Waals surface area contributed by atoms with Crippen molar-refractivity contribution in [2.75, 3.05) is 12.4 Å². The first kappa shape index (κ1) is 12.8. The van der Waals surface area contributed by atoms with E-state index in [9.17, 15) is 0 Å². The predicted octanol–water partition coefficient (Wildman–Crippen LogP) is 1.07. The van der Waals surface area contributed by atoms with E-state index in [0.717, 1.165) is 37.5 Å². The summed E-state index contributed by atoms with van der Waals surface area (Å²) in [7, 11) is 1.60. The van der Waals surface area contributed by atoms with Gasteiger partial charge in [-0.3, -0.25) is 0 Å². The highest BCUT2D eigenvalue weighted by molar-refractivity contribution is 5.29. The Labute approximate surface area is 117 Å². The second-order valence-corrected chi connectivity index (χ2v) is 4.80. The lowest BCUT2D eigenvalue weighted by atomic mass is 10.1. The molecule has 106 valence electrons. The van der Waals surface area contributed by atoms with Crippen molar-refractivity contribution in [1.82, 2.24) is 24.7 Å². The van der Waals surface area contributed by atoms with Gasteiger partial charge in [0.2, 0.25) is 11.8 Å². The van der Waals surface area contributed by atoms with Crippen molar-refractivity contribution in [2.45, 2.75) is 38.8 Å². The molecule has 3 heterocycles. The average molecular weight is 274 g/mol. The Bertz CT molecular complexity index is 583. The number of aromatic nitrogens is 5. The molecule has 0 spiro atoms. The van der Waals surface area contributed by atoms with Crippen molar-refractivity contribution < 1.29 is 4.74 Å². The van der Waals surface area contributed by atoms with Crippen LogP contribution in [0.5, 0.6) is 5.88 Å². The maximum Gasteiger partial charge on any atom is 0.226 e. The third-order valence-corrected chi connectivity index (χ3v) is 3.51. The van der Waals surface area contributed by atoms with Crippen LogP contribution in [0.2, 0.25) is 0 Å². The number of methoxy groups -OCH3 is 1. The third-order valence-electron chi connectivity index (χ3n) is 3.51. The summed E-state index contributed by atoms with van der Waals surface area (Å²) in [5.74, 6) is 3.28. The van der Waals surface area contributed by atoms with Crippen molar-refractivity contribution in [2.24, 2.45) is 0 Å². The lowest BCUT2D eigenvalue weighted by molar-refractivity contribution is 0.396. The minimum atomic E-state index is 0.288. The number of nitrogens with zero attached hydrogens (tertiary/aromatic N) is 5. The smallest absolute Gasteiger partial charge is 0.226 e. The zero-order valence-corrected chi connectivity index (χ0v) is 11.7.